The van der Waals surface area contributed by atoms with Gasteiger partial charge in [-0.15, -0.1) is 0 Å². The highest BCUT2D eigenvalue weighted by Gasteiger charge is 2.12. The van der Waals surface area contributed by atoms with Crippen molar-refractivity contribution in [2.24, 2.45) is 0 Å². The molecular formula is C15H25NS. The molecule has 0 spiro atoms. The molecule has 1 atom stereocenters. The molecule has 0 aliphatic heterocycles. The first kappa shape index (κ1) is 14.6. The van der Waals surface area contributed by atoms with Gasteiger partial charge in [0.15, 0.2) is 0 Å². The van der Waals surface area contributed by atoms with Crippen LogP contribution >= 0.6 is 11.8 Å². The van der Waals surface area contributed by atoms with E-state index in [-0.39, 0.29) is 0 Å². The second kappa shape index (κ2) is 7.78. The molecule has 17 heavy (non-hydrogen) atoms. The number of rotatable bonds is 7. The summed E-state index contributed by atoms with van der Waals surface area (Å²) in [5, 5.41) is 3.68. The van der Waals surface area contributed by atoms with Crippen LogP contribution in [0.15, 0.2) is 18.2 Å². The molecule has 0 radical (unpaired) electrons. The van der Waals surface area contributed by atoms with E-state index >= 15 is 0 Å². The van der Waals surface area contributed by atoms with Crippen molar-refractivity contribution in [3.8, 4) is 0 Å². The first-order chi connectivity index (χ1) is 8.19. The van der Waals surface area contributed by atoms with E-state index in [2.05, 4.69) is 50.5 Å². The molecule has 0 amide bonds. The summed E-state index contributed by atoms with van der Waals surface area (Å²) in [5.74, 6) is 1.22. The van der Waals surface area contributed by atoms with Gasteiger partial charge < -0.3 is 5.32 Å². The molecular weight excluding hydrogens is 226 g/mol. The summed E-state index contributed by atoms with van der Waals surface area (Å²) < 4.78 is 0. The Morgan fingerprint density at radius 1 is 1.29 bits per heavy atom. The average Bonchev–Trinajstić information content (AvgIpc) is 2.33. The van der Waals surface area contributed by atoms with Gasteiger partial charge in [0.25, 0.3) is 0 Å². The highest BCUT2D eigenvalue weighted by Crippen LogP contribution is 2.23. The minimum Gasteiger partial charge on any atom is -0.310 e. The predicted molar refractivity (Wildman–Crippen MR) is 79.9 cm³/mol. The number of hydrogen-bond donors (Lipinski definition) is 1. The average molecular weight is 251 g/mol. The molecule has 0 saturated carbocycles. The fourth-order valence-corrected chi connectivity index (χ4v) is 2.53. The van der Waals surface area contributed by atoms with Crippen molar-refractivity contribution in [3.63, 3.8) is 0 Å². The van der Waals surface area contributed by atoms with Crippen LogP contribution in [0.2, 0.25) is 0 Å². The zero-order valence-corrected chi connectivity index (χ0v) is 12.4. The number of benzene rings is 1. The zero-order valence-electron chi connectivity index (χ0n) is 11.5. The lowest BCUT2D eigenvalue weighted by atomic mass is 9.97. The Morgan fingerprint density at radius 2 is 2.06 bits per heavy atom. The first-order valence-electron chi connectivity index (χ1n) is 6.48. The van der Waals surface area contributed by atoms with Crippen LogP contribution in [0.3, 0.4) is 0 Å². The molecule has 1 nitrogen and oxygen atoms in total. The second-order valence-electron chi connectivity index (χ2n) is 4.65. The van der Waals surface area contributed by atoms with Crippen molar-refractivity contribution in [2.75, 3.05) is 18.6 Å². The van der Waals surface area contributed by atoms with Gasteiger partial charge in [-0.25, -0.2) is 0 Å². The molecule has 1 unspecified atom stereocenters. The number of thioether (sulfide) groups is 1. The van der Waals surface area contributed by atoms with Gasteiger partial charge in [-0.1, -0.05) is 30.7 Å². The summed E-state index contributed by atoms with van der Waals surface area (Å²) in [6.07, 6.45) is 4.59. The summed E-state index contributed by atoms with van der Waals surface area (Å²) in [7, 11) is 0. The van der Waals surface area contributed by atoms with Crippen molar-refractivity contribution >= 4 is 11.8 Å². The maximum Gasteiger partial charge on any atom is 0.0330 e. The summed E-state index contributed by atoms with van der Waals surface area (Å²) in [6.45, 7) is 7.72. The monoisotopic (exact) mass is 251 g/mol. The fraction of sp³-hybridized carbons (Fsp3) is 0.600. The maximum atomic E-state index is 3.68. The Hall–Kier alpha value is -0.470. The molecule has 1 N–H and O–H groups in total. The van der Waals surface area contributed by atoms with Gasteiger partial charge in [0.2, 0.25) is 0 Å². The molecule has 0 bridgehead atoms. The van der Waals surface area contributed by atoms with Crippen LogP contribution in [0, 0.1) is 13.8 Å². The molecule has 1 rings (SSSR count). The van der Waals surface area contributed by atoms with E-state index in [0.717, 1.165) is 6.54 Å². The normalized spacial score (nSPS) is 12.7. The molecule has 0 saturated heterocycles. The van der Waals surface area contributed by atoms with Crippen LogP contribution in [-0.4, -0.2) is 18.6 Å². The summed E-state index contributed by atoms with van der Waals surface area (Å²) in [4.78, 5) is 0. The predicted octanol–water partition coefficient (Wildman–Crippen LogP) is 4.10. The van der Waals surface area contributed by atoms with Gasteiger partial charge in [0, 0.05) is 6.04 Å². The van der Waals surface area contributed by atoms with E-state index in [9.17, 15) is 0 Å². The Labute approximate surface area is 110 Å². The molecule has 1 aromatic rings. The van der Waals surface area contributed by atoms with Crippen molar-refractivity contribution in [1.82, 2.24) is 5.32 Å². The van der Waals surface area contributed by atoms with Gasteiger partial charge in [-0.2, -0.15) is 11.8 Å². The topological polar surface area (TPSA) is 12.0 Å². The number of nitrogens with one attached hydrogen (secondary N) is 1. The molecule has 0 aliphatic carbocycles. The third kappa shape index (κ3) is 4.72. The molecule has 0 heterocycles. The van der Waals surface area contributed by atoms with Crippen molar-refractivity contribution < 1.29 is 0 Å². The minimum atomic E-state index is 0.516. The Kier molecular flexibility index (Phi) is 6.68. The van der Waals surface area contributed by atoms with E-state index in [4.69, 9.17) is 0 Å². The van der Waals surface area contributed by atoms with Crippen molar-refractivity contribution in [1.29, 1.82) is 0 Å². The van der Waals surface area contributed by atoms with Gasteiger partial charge in [-0.05, 0) is 56.4 Å². The SMILES string of the molecule is CCCNC(CCSC)c1cc(C)ccc1C. The van der Waals surface area contributed by atoms with Crippen molar-refractivity contribution in [3.05, 3.63) is 34.9 Å². The van der Waals surface area contributed by atoms with Gasteiger partial charge in [0.05, 0.1) is 0 Å². The van der Waals surface area contributed by atoms with E-state index in [1.165, 1.54) is 35.3 Å². The maximum absolute atomic E-state index is 3.68. The first-order valence-corrected chi connectivity index (χ1v) is 7.88. The molecule has 96 valence electrons. The highest BCUT2D eigenvalue weighted by atomic mass is 32.2. The highest BCUT2D eigenvalue weighted by molar-refractivity contribution is 7.98. The number of hydrogen-bond acceptors (Lipinski definition) is 2. The zero-order chi connectivity index (χ0) is 12.7. The van der Waals surface area contributed by atoms with Crippen LogP contribution in [0.25, 0.3) is 0 Å². The van der Waals surface area contributed by atoms with E-state index in [1.54, 1.807) is 0 Å². The summed E-state index contributed by atoms with van der Waals surface area (Å²) >= 11 is 1.93. The molecule has 0 aliphatic rings. The molecule has 0 fully saturated rings. The third-order valence-electron chi connectivity index (χ3n) is 3.06. The lowest BCUT2D eigenvalue weighted by Gasteiger charge is -2.21. The third-order valence-corrected chi connectivity index (χ3v) is 3.71. The molecule has 0 aromatic heterocycles. The Morgan fingerprint density at radius 3 is 2.71 bits per heavy atom. The van der Waals surface area contributed by atoms with Gasteiger partial charge >= 0.3 is 0 Å². The smallest absolute Gasteiger partial charge is 0.0330 e. The minimum absolute atomic E-state index is 0.516. The van der Waals surface area contributed by atoms with Crippen LogP contribution in [0.5, 0.6) is 0 Å². The van der Waals surface area contributed by atoms with Crippen LogP contribution in [0.4, 0.5) is 0 Å². The van der Waals surface area contributed by atoms with Gasteiger partial charge in [0.1, 0.15) is 0 Å². The molecule has 2 heteroatoms. The summed E-state index contributed by atoms with van der Waals surface area (Å²) in [6, 6.07) is 7.29. The van der Waals surface area contributed by atoms with Crippen LogP contribution in [-0.2, 0) is 0 Å². The van der Waals surface area contributed by atoms with Crippen molar-refractivity contribution in [2.45, 2.75) is 39.7 Å². The van der Waals surface area contributed by atoms with Gasteiger partial charge in [-0.3, -0.25) is 0 Å². The number of aryl methyl sites for hydroxylation is 2. The van der Waals surface area contributed by atoms with E-state index in [1.807, 2.05) is 11.8 Å². The van der Waals surface area contributed by atoms with E-state index in [0.29, 0.717) is 6.04 Å². The van der Waals surface area contributed by atoms with Crippen LogP contribution < -0.4 is 5.32 Å². The van der Waals surface area contributed by atoms with Crippen LogP contribution in [0.1, 0.15) is 42.5 Å². The van der Waals surface area contributed by atoms with E-state index < -0.39 is 0 Å². The summed E-state index contributed by atoms with van der Waals surface area (Å²) in [5.41, 5.74) is 4.25. The lowest BCUT2D eigenvalue weighted by molar-refractivity contribution is 0.519. The second-order valence-corrected chi connectivity index (χ2v) is 5.63. The quantitative estimate of drug-likeness (QED) is 0.783. The Balaban J connectivity index is 2.82. The lowest BCUT2D eigenvalue weighted by Crippen LogP contribution is -2.23. The standard InChI is InChI=1S/C15H25NS/c1-5-9-16-15(8-10-17-4)14-11-12(2)6-7-13(14)3/h6-7,11,15-16H,5,8-10H2,1-4H3. The fourth-order valence-electron chi connectivity index (χ4n) is 2.06. The Bertz CT molecular complexity index is 328. The largest absolute Gasteiger partial charge is 0.310 e. The molecule has 1 aromatic carbocycles.